The van der Waals surface area contributed by atoms with Crippen LogP contribution in [0.3, 0.4) is 0 Å². The molecule has 6 nitrogen and oxygen atoms in total. The second-order valence-corrected chi connectivity index (χ2v) is 2.54. The Bertz CT molecular complexity index is 460. The van der Waals surface area contributed by atoms with E-state index < -0.39 is 12.0 Å². The molecule has 0 aliphatic carbocycles. The largest absolute Gasteiger partial charge is 0.492 e. The molecule has 0 amide bonds. The first-order valence-electron chi connectivity index (χ1n) is 5.38. The van der Waals surface area contributed by atoms with Crippen molar-refractivity contribution in [1.29, 1.82) is 0 Å². The van der Waals surface area contributed by atoms with Gasteiger partial charge in [-0.1, -0.05) is 0 Å². The summed E-state index contributed by atoms with van der Waals surface area (Å²) in [5.41, 5.74) is -0.355. The van der Waals surface area contributed by atoms with Crippen LogP contribution >= 0.6 is 0 Å². The SMILES string of the molecule is [2H]C([2H])([2H])Oc1cc([N+](=O)[O-])cc(OC)c1OC. The van der Waals surface area contributed by atoms with Crippen molar-refractivity contribution in [1.82, 2.24) is 0 Å². The molecule has 0 saturated carbocycles. The Balaban J connectivity index is 3.35. The number of benzene rings is 1. The van der Waals surface area contributed by atoms with Crippen molar-refractivity contribution < 1.29 is 23.2 Å². The summed E-state index contributed by atoms with van der Waals surface area (Å²) in [5, 5.41) is 10.7. The van der Waals surface area contributed by atoms with E-state index in [0.29, 0.717) is 0 Å². The molecule has 0 saturated heterocycles. The molecule has 0 N–H and O–H groups in total. The van der Waals surface area contributed by atoms with Gasteiger partial charge in [0.25, 0.3) is 5.69 Å². The average Bonchev–Trinajstić information content (AvgIpc) is 2.25. The van der Waals surface area contributed by atoms with Crippen LogP contribution < -0.4 is 14.2 Å². The molecule has 1 rings (SSSR count). The number of nitro groups is 1. The van der Waals surface area contributed by atoms with Gasteiger partial charge in [-0.05, 0) is 0 Å². The van der Waals surface area contributed by atoms with Gasteiger partial charge in [-0.3, -0.25) is 10.1 Å². The highest BCUT2D eigenvalue weighted by atomic mass is 16.6. The molecule has 0 aliphatic rings. The van der Waals surface area contributed by atoms with Gasteiger partial charge in [0, 0.05) is 0 Å². The first-order valence-corrected chi connectivity index (χ1v) is 3.88. The fraction of sp³-hybridized carbons (Fsp3) is 0.333. The molecule has 0 aliphatic heterocycles. The van der Waals surface area contributed by atoms with Crippen molar-refractivity contribution in [3.63, 3.8) is 0 Å². The smallest absolute Gasteiger partial charge is 0.277 e. The van der Waals surface area contributed by atoms with Gasteiger partial charge < -0.3 is 14.2 Å². The number of methoxy groups -OCH3 is 3. The Labute approximate surface area is 90.7 Å². The maximum atomic E-state index is 10.7. The highest BCUT2D eigenvalue weighted by Gasteiger charge is 2.18. The average molecular weight is 216 g/mol. The van der Waals surface area contributed by atoms with Gasteiger partial charge in [-0.2, -0.15) is 0 Å². The van der Waals surface area contributed by atoms with Crippen molar-refractivity contribution in [2.24, 2.45) is 0 Å². The van der Waals surface area contributed by atoms with Crippen molar-refractivity contribution in [2.75, 3.05) is 21.3 Å². The molecular formula is C9H11NO5. The third-order valence-electron chi connectivity index (χ3n) is 1.75. The molecule has 0 bridgehead atoms. The number of rotatable bonds is 4. The number of ether oxygens (including phenoxy) is 3. The summed E-state index contributed by atoms with van der Waals surface area (Å²) in [4.78, 5) is 10.0. The van der Waals surface area contributed by atoms with Gasteiger partial charge in [0.2, 0.25) is 5.75 Å². The van der Waals surface area contributed by atoms with E-state index in [9.17, 15) is 10.1 Å². The van der Waals surface area contributed by atoms with Crippen LogP contribution in [0.15, 0.2) is 12.1 Å². The minimum absolute atomic E-state index is 0.0146. The van der Waals surface area contributed by atoms with Crippen LogP contribution in [0, 0.1) is 10.1 Å². The summed E-state index contributed by atoms with van der Waals surface area (Å²) in [6, 6.07) is 2.08. The van der Waals surface area contributed by atoms with E-state index in [1.165, 1.54) is 14.2 Å². The molecule has 6 heteroatoms. The summed E-state index contributed by atoms with van der Waals surface area (Å²) >= 11 is 0. The summed E-state index contributed by atoms with van der Waals surface area (Å²) in [6.07, 6.45) is 0. The maximum absolute atomic E-state index is 10.7. The van der Waals surface area contributed by atoms with Crippen molar-refractivity contribution >= 4 is 5.69 Å². The zero-order chi connectivity index (χ0) is 13.9. The molecule has 0 fully saturated rings. The van der Waals surface area contributed by atoms with Crippen LogP contribution in [-0.2, 0) is 0 Å². The van der Waals surface area contributed by atoms with Crippen LogP contribution in [0.1, 0.15) is 4.11 Å². The lowest BCUT2D eigenvalue weighted by atomic mass is 10.2. The molecule has 0 radical (unpaired) electrons. The van der Waals surface area contributed by atoms with Gasteiger partial charge >= 0.3 is 0 Å². The zero-order valence-electron chi connectivity index (χ0n) is 11.1. The van der Waals surface area contributed by atoms with Crippen LogP contribution in [0.5, 0.6) is 17.2 Å². The minimum atomic E-state index is -2.74. The summed E-state index contributed by atoms with van der Waals surface area (Å²) in [7, 11) is -0.190. The quantitative estimate of drug-likeness (QED) is 0.565. The Hall–Kier alpha value is -1.98. The zero-order valence-corrected chi connectivity index (χ0v) is 8.14. The monoisotopic (exact) mass is 216 g/mol. The van der Waals surface area contributed by atoms with Gasteiger partial charge in [-0.25, -0.2) is 0 Å². The number of nitro benzene ring substituents is 1. The molecule has 0 aromatic heterocycles. The summed E-state index contributed by atoms with van der Waals surface area (Å²) < 4.78 is 35.4. The Kier molecular flexibility index (Phi) is 2.20. The molecule has 0 unspecified atom stereocenters. The molecule has 82 valence electrons. The summed E-state index contributed by atoms with van der Waals surface area (Å²) in [6.45, 7) is 0. The van der Waals surface area contributed by atoms with E-state index in [0.717, 1.165) is 12.1 Å². The lowest BCUT2D eigenvalue weighted by Crippen LogP contribution is -1.97. The van der Waals surface area contributed by atoms with Crippen LogP contribution in [-0.4, -0.2) is 26.2 Å². The van der Waals surface area contributed by atoms with Gasteiger partial charge in [0.05, 0.1) is 42.4 Å². The third-order valence-corrected chi connectivity index (χ3v) is 1.75. The van der Waals surface area contributed by atoms with Crippen LogP contribution in [0.2, 0.25) is 0 Å². The van der Waals surface area contributed by atoms with Crippen LogP contribution in [0.25, 0.3) is 0 Å². The predicted molar refractivity (Wildman–Crippen MR) is 52.8 cm³/mol. The number of hydrogen-bond donors (Lipinski definition) is 0. The second-order valence-electron chi connectivity index (χ2n) is 2.54. The Morgan fingerprint density at radius 2 is 1.87 bits per heavy atom. The lowest BCUT2D eigenvalue weighted by Gasteiger charge is -2.11. The first kappa shape index (κ1) is 7.33. The summed E-state index contributed by atoms with van der Waals surface area (Å²) in [5.74, 6) is -0.270. The molecule has 0 spiro atoms. The van der Waals surface area contributed by atoms with Crippen molar-refractivity contribution in [3.05, 3.63) is 22.2 Å². The van der Waals surface area contributed by atoms with Gasteiger partial charge in [0.15, 0.2) is 11.5 Å². The number of hydrogen-bond acceptors (Lipinski definition) is 5. The predicted octanol–water partition coefficient (Wildman–Crippen LogP) is 1.62. The van der Waals surface area contributed by atoms with Gasteiger partial charge in [-0.15, -0.1) is 0 Å². The Morgan fingerprint density at radius 1 is 1.27 bits per heavy atom. The first-order chi connectivity index (χ1) is 8.28. The normalized spacial score (nSPS) is 13.3. The van der Waals surface area contributed by atoms with Crippen molar-refractivity contribution in [2.45, 2.75) is 0 Å². The highest BCUT2D eigenvalue weighted by Crippen LogP contribution is 2.40. The second kappa shape index (κ2) is 4.50. The Morgan fingerprint density at radius 3 is 2.27 bits per heavy atom. The highest BCUT2D eigenvalue weighted by molar-refractivity contribution is 5.58. The van der Waals surface area contributed by atoms with E-state index in [4.69, 9.17) is 13.6 Å². The molecular weight excluding hydrogens is 202 g/mol. The minimum Gasteiger partial charge on any atom is -0.492 e. The molecule has 15 heavy (non-hydrogen) atoms. The third kappa shape index (κ3) is 2.09. The molecule has 0 atom stereocenters. The number of non-ortho nitro benzene ring substituents is 1. The van der Waals surface area contributed by atoms with E-state index in [1.54, 1.807) is 0 Å². The van der Waals surface area contributed by atoms with E-state index in [-0.39, 0.29) is 22.9 Å². The molecule has 1 aromatic rings. The molecule has 1 aromatic carbocycles. The van der Waals surface area contributed by atoms with Crippen LogP contribution in [0.4, 0.5) is 5.69 Å². The fourth-order valence-electron chi connectivity index (χ4n) is 1.10. The number of nitrogens with zero attached hydrogens (tertiary/aromatic N) is 1. The molecule has 0 heterocycles. The van der Waals surface area contributed by atoms with Crippen molar-refractivity contribution in [3.8, 4) is 17.2 Å². The fourth-order valence-corrected chi connectivity index (χ4v) is 1.10. The van der Waals surface area contributed by atoms with E-state index in [2.05, 4.69) is 4.74 Å². The van der Waals surface area contributed by atoms with Gasteiger partial charge in [0.1, 0.15) is 0 Å². The standard InChI is InChI=1S/C9H11NO5/c1-13-7-4-6(10(11)12)5-8(14-2)9(7)15-3/h4-5H,1-3H3/i1D3. The van der Waals surface area contributed by atoms with E-state index in [1.807, 2.05) is 0 Å². The lowest BCUT2D eigenvalue weighted by molar-refractivity contribution is -0.385. The van der Waals surface area contributed by atoms with E-state index >= 15 is 0 Å². The topological polar surface area (TPSA) is 70.8 Å². The maximum Gasteiger partial charge on any atom is 0.277 e.